The van der Waals surface area contributed by atoms with Gasteiger partial charge in [-0.2, -0.15) is 0 Å². The number of amides is 1. The van der Waals surface area contributed by atoms with Crippen LogP contribution in [0.2, 0.25) is 0 Å². The van der Waals surface area contributed by atoms with Gasteiger partial charge >= 0.3 is 5.97 Å². The number of aromatic amines is 1. The van der Waals surface area contributed by atoms with Gasteiger partial charge in [0.15, 0.2) is 0 Å². The first-order valence-corrected chi connectivity index (χ1v) is 14.5. The van der Waals surface area contributed by atoms with Crippen LogP contribution in [0.5, 0.6) is 5.75 Å². The van der Waals surface area contributed by atoms with Crippen LogP contribution in [0.25, 0.3) is 10.9 Å². The first kappa shape index (κ1) is 29.4. The maximum atomic E-state index is 13.1. The first-order valence-electron chi connectivity index (χ1n) is 14.5. The van der Waals surface area contributed by atoms with Gasteiger partial charge in [0.1, 0.15) is 11.8 Å². The zero-order valence-corrected chi connectivity index (χ0v) is 24.4. The molecule has 8 heteroatoms. The highest BCUT2D eigenvalue weighted by Crippen LogP contribution is 2.38. The number of carboxylic acids is 1. The number of rotatable bonds is 11. The molecular weight excluding hydrogens is 530 g/mol. The van der Waals surface area contributed by atoms with Gasteiger partial charge in [-0.15, -0.1) is 0 Å². The van der Waals surface area contributed by atoms with Crippen molar-refractivity contribution in [2.24, 2.45) is 0 Å². The van der Waals surface area contributed by atoms with E-state index in [9.17, 15) is 14.7 Å². The van der Waals surface area contributed by atoms with E-state index < -0.39 is 17.9 Å². The van der Waals surface area contributed by atoms with Gasteiger partial charge in [0, 0.05) is 60.4 Å². The van der Waals surface area contributed by atoms with Crippen LogP contribution in [0.4, 0.5) is 0 Å². The minimum absolute atomic E-state index is 0.0808. The molecule has 42 heavy (non-hydrogen) atoms. The van der Waals surface area contributed by atoms with E-state index in [0.717, 1.165) is 58.3 Å². The van der Waals surface area contributed by atoms with E-state index in [4.69, 9.17) is 9.47 Å². The summed E-state index contributed by atoms with van der Waals surface area (Å²) in [6.45, 7) is 6.35. The number of likely N-dealkylation sites (tertiary alicyclic amines) is 1. The van der Waals surface area contributed by atoms with Crippen molar-refractivity contribution in [3.63, 3.8) is 0 Å². The Morgan fingerprint density at radius 3 is 2.57 bits per heavy atom. The highest BCUT2D eigenvalue weighted by Gasteiger charge is 2.31. The Labute approximate surface area is 246 Å². The molecule has 5 rings (SSSR count). The van der Waals surface area contributed by atoms with E-state index in [1.807, 2.05) is 55.6 Å². The maximum absolute atomic E-state index is 13.1. The summed E-state index contributed by atoms with van der Waals surface area (Å²) in [5.41, 5.74) is 5.78. The van der Waals surface area contributed by atoms with Crippen LogP contribution >= 0.6 is 0 Å². The lowest BCUT2D eigenvalue weighted by molar-refractivity contribution is -0.139. The van der Waals surface area contributed by atoms with Gasteiger partial charge < -0.3 is 24.9 Å². The molecule has 0 spiro atoms. The minimum atomic E-state index is -1.06. The summed E-state index contributed by atoms with van der Waals surface area (Å²) >= 11 is 0. The molecule has 1 aliphatic rings. The van der Waals surface area contributed by atoms with Crippen LogP contribution < -0.4 is 10.1 Å². The molecule has 8 nitrogen and oxygen atoms in total. The number of carboxylic acid groups (broad SMARTS) is 1. The molecule has 3 aromatic carbocycles. The van der Waals surface area contributed by atoms with Crippen molar-refractivity contribution in [2.75, 3.05) is 20.3 Å². The van der Waals surface area contributed by atoms with E-state index in [-0.39, 0.29) is 18.6 Å². The van der Waals surface area contributed by atoms with E-state index in [1.165, 1.54) is 0 Å². The number of benzene rings is 3. The van der Waals surface area contributed by atoms with Crippen molar-refractivity contribution in [2.45, 2.75) is 57.8 Å². The van der Waals surface area contributed by atoms with E-state index in [2.05, 4.69) is 34.3 Å². The molecule has 0 saturated carbocycles. The van der Waals surface area contributed by atoms with Crippen LogP contribution in [0, 0.1) is 6.92 Å². The third-order valence-corrected chi connectivity index (χ3v) is 8.20. The van der Waals surface area contributed by atoms with E-state index in [1.54, 1.807) is 19.2 Å². The smallest absolute Gasteiger partial charge is 0.326 e. The average molecular weight is 570 g/mol. The molecule has 1 fully saturated rings. The quantitative estimate of drug-likeness (QED) is 0.216. The van der Waals surface area contributed by atoms with Crippen molar-refractivity contribution >= 4 is 22.8 Å². The Kier molecular flexibility index (Phi) is 9.25. The van der Waals surface area contributed by atoms with Gasteiger partial charge in [-0.25, -0.2) is 4.79 Å². The summed E-state index contributed by atoms with van der Waals surface area (Å²) < 4.78 is 11.9. The summed E-state index contributed by atoms with van der Waals surface area (Å²) in [6.07, 6.45) is 4.11. The molecule has 1 aromatic heterocycles. The molecular formula is C34H39N3O5. The summed E-state index contributed by atoms with van der Waals surface area (Å²) in [5, 5.41) is 13.6. The number of nitrogens with one attached hydrogen (secondary N) is 2. The fourth-order valence-corrected chi connectivity index (χ4v) is 6.04. The van der Waals surface area contributed by atoms with Gasteiger partial charge in [-0.3, -0.25) is 9.69 Å². The normalized spacial score (nSPS) is 18.1. The van der Waals surface area contributed by atoms with Gasteiger partial charge in [-0.05, 0) is 67.6 Å². The van der Waals surface area contributed by atoms with Crippen LogP contribution in [-0.2, 0) is 22.5 Å². The second-order valence-electron chi connectivity index (χ2n) is 10.9. The van der Waals surface area contributed by atoms with Gasteiger partial charge in [0.2, 0.25) is 0 Å². The molecule has 3 atom stereocenters. The molecule has 1 saturated heterocycles. The number of piperidine rings is 1. The first-order chi connectivity index (χ1) is 20.4. The molecule has 4 aromatic rings. The molecule has 1 amide bonds. The van der Waals surface area contributed by atoms with Crippen LogP contribution in [0.1, 0.15) is 58.4 Å². The topological polar surface area (TPSA) is 104 Å². The highest BCUT2D eigenvalue weighted by molar-refractivity contribution is 5.96. The molecule has 1 aliphatic heterocycles. The SMILES string of the molecule is CCO[C@H]1CCN(Cc2c(OC)cc(C)c3[nH]ccc23)[C@H](c2ccc(C(=O)N[C@@H](Cc3ccccc3)C(=O)O)cc2)C1. The number of hydrogen-bond donors (Lipinski definition) is 3. The Balaban J connectivity index is 1.36. The molecule has 3 N–H and O–H groups in total. The number of methoxy groups -OCH3 is 1. The number of carbonyl (C=O) groups is 2. The monoisotopic (exact) mass is 569 g/mol. The molecule has 220 valence electrons. The number of aliphatic carboxylic acids is 1. The summed E-state index contributed by atoms with van der Waals surface area (Å²) in [4.78, 5) is 30.8. The number of fused-ring (bicyclic) bond motifs is 1. The standard InChI is InChI=1S/C34H39N3O5/c1-4-42-26-15-17-37(21-28-27-14-16-35-32(27)22(2)18-31(28)41-3)30(20-26)24-10-12-25(13-11-24)33(38)36-29(34(39)40)19-23-8-6-5-7-9-23/h5-14,16,18,26,29-30,35H,4,15,17,19-21H2,1-3H3,(H,36,38)(H,39,40)/t26-,29-,30-/m0/s1. The van der Waals surface area contributed by atoms with Crippen molar-refractivity contribution in [1.82, 2.24) is 15.2 Å². The summed E-state index contributed by atoms with van der Waals surface area (Å²) in [6, 6.07) is 20.1. The number of ether oxygens (including phenoxy) is 2. The number of hydrogen-bond acceptors (Lipinski definition) is 5. The second-order valence-corrected chi connectivity index (χ2v) is 10.9. The van der Waals surface area contributed by atoms with Crippen molar-refractivity contribution in [1.29, 1.82) is 0 Å². The van der Waals surface area contributed by atoms with Crippen molar-refractivity contribution in [3.05, 3.63) is 101 Å². The molecule has 0 bridgehead atoms. The predicted molar refractivity (Wildman–Crippen MR) is 163 cm³/mol. The summed E-state index contributed by atoms with van der Waals surface area (Å²) in [7, 11) is 1.72. The second kappa shape index (κ2) is 13.2. The average Bonchev–Trinajstić information content (AvgIpc) is 3.50. The Hall–Kier alpha value is -4.14. The molecule has 2 heterocycles. The highest BCUT2D eigenvalue weighted by atomic mass is 16.5. The van der Waals surface area contributed by atoms with Crippen molar-refractivity contribution in [3.8, 4) is 5.75 Å². The minimum Gasteiger partial charge on any atom is -0.496 e. The van der Waals surface area contributed by atoms with E-state index >= 15 is 0 Å². The van der Waals surface area contributed by atoms with Crippen LogP contribution in [0.15, 0.2) is 72.9 Å². The fourth-order valence-electron chi connectivity index (χ4n) is 6.04. The number of aryl methyl sites for hydroxylation is 1. The summed E-state index contributed by atoms with van der Waals surface area (Å²) in [5.74, 6) is -0.593. The lowest BCUT2D eigenvalue weighted by Crippen LogP contribution is -2.42. The van der Waals surface area contributed by atoms with Gasteiger partial charge in [-0.1, -0.05) is 42.5 Å². The third kappa shape index (κ3) is 6.50. The van der Waals surface area contributed by atoms with Gasteiger partial charge in [0.05, 0.1) is 13.2 Å². The largest absolute Gasteiger partial charge is 0.496 e. The Morgan fingerprint density at radius 2 is 1.88 bits per heavy atom. The van der Waals surface area contributed by atoms with Gasteiger partial charge in [0.25, 0.3) is 5.91 Å². The Morgan fingerprint density at radius 1 is 1.12 bits per heavy atom. The zero-order valence-electron chi connectivity index (χ0n) is 24.4. The lowest BCUT2D eigenvalue weighted by Gasteiger charge is -2.40. The molecule has 0 unspecified atom stereocenters. The van der Waals surface area contributed by atoms with Crippen LogP contribution in [-0.4, -0.2) is 59.3 Å². The predicted octanol–water partition coefficient (Wildman–Crippen LogP) is 5.65. The van der Waals surface area contributed by atoms with Crippen molar-refractivity contribution < 1.29 is 24.2 Å². The lowest BCUT2D eigenvalue weighted by atomic mass is 9.91. The number of aromatic nitrogens is 1. The fraction of sp³-hybridized carbons (Fsp3) is 0.353. The number of H-pyrrole nitrogens is 1. The van der Waals surface area contributed by atoms with Crippen LogP contribution in [0.3, 0.4) is 0 Å². The third-order valence-electron chi connectivity index (χ3n) is 8.20. The maximum Gasteiger partial charge on any atom is 0.326 e. The number of nitrogens with zero attached hydrogens (tertiary/aromatic N) is 1. The van der Waals surface area contributed by atoms with E-state index in [0.29, 0.717) is 18.7 Å². The Bertz CT molecular complexity index is 1520. The number of carbonyl (C=O) groups excluding carboxylic acids is 1. The zero-order chi connectivity index (χ0) is 29.6. The molecule has 0 radical (unpaired) electrons. The molecule has 0 aliphatic carbocycles.